The highest BCUT2D eigenvalue weighted by molar-refractivity contribution is 14.0. The second kappa shape index (κ2) is 13.1. The Balaban J connectivity index is 0.00000320. The summed E-state index contributed by atoms with van der Waals surface area (Å²) in [6, 6.07) is 0. The summed E-state index contributed by atoms with van der Waals surface area (Å²) in [6.45, 7) is 18.7. The molecule has 174 valence electrons. The molecule has 2 heterocycles. The summed E-state index contributed by atoms with van der Waals surface area (Å²) < 4.78 is 0. The normalized spacial score (nSPS) is 22.1. The maximum absolute atomic E-state index is 12.4. The number of hydrogen-bond donors (Lipinski definition) is 1. The molecule has 0 aromatic rings. The number of guanidine groups is 1. The second-order valence-electron chi connectivity index (χ2n) is 9.21. The monoisotopic (exact) mass is 534 g/mol. The Kier molecular flexibility index (Phi) is 11.2. The van der Waals surface area contributed by atoms with Crippen LogP contribution >= 0.6 is 24.0 Å². The molecule has 1 saturated carbocycles. The van der Waals surface area contributed by atoms with Crippen LogP contribution in [0.2, 0.25) is 0 Å². The molecule has 3 aliphatic rings. The van der Waals surface area contributed by atoms with Crippen molar-refractivity contribution in [3.63, 3.8) is 0 Å². The number of rotatable bonds is 7. The van der Waals surface area contributed by atoms with E-state index in [1.165, 1.54) is 13.0 Å². The van der Waals surface area contributed by atoms with E-state index in [1.54, 1.807) is 0 Å². The Morgan fingerprint density at radius 1 is 0.967 bits per heavy atom. The van der Waals surface area contributed by atoms with E-state index in [1.807, 2.05) is 0 Å². The molecule has 0 aromatic heterocycles. The van der Waals surface area contributed by atoms with Gasteiger partial charge in [-0.15, -0.1) is 24.0 Å². The van der Waals surface area contributed by atoms with Crippen molar-refractivity contribution in [2.24, 2.45) is 16.8 Å². The highest BCUT2D eigenvalue weighted by Crippen LogP contribution is 2.28. The molecular weight excluding hydrogens is 491 g/mol. The number of nitrogens with zero attached hydrogens (tertiary/aromatic N) is 5. The molecule has 0 atom stereocenters. The maximum atomic E-state index is 12.4. The number of aliphatic imine (C=N–C) groups is 1. The Labute approximate surface area is 200 Å². The third-order valence-electron chi connectivity index (χ3n) is 6.45. The SMILES string of the molecule is CCNC(=NCCN1CCN(C(=O)C2CCC2)CC1)N1CCN(CC(C)C)CC1.I. The molecule has 30 heavy (non-hydrogen) atoms. The van der Waals surface area contributed by atoms with Gasteiger partial charge in [0.15, 0.2) is 5.96 Å². The number of amides is 1. The van der Waals surface area contributed by atoms with Crippen LogP contribution in [0.5, 0.6) is 0 Å². The lowest BCUT2D eigenvalue weighted by molar-refractivity contribution is -0.139. The molecule has 3 fully saturated rings. The lowest BCUT2D eigenvalue weighted by Crippen LogP contribution is -2.53. The minimum atomic E-state index is 0. The molecule has 0 spiro atoms. The van der Waals surface area contributed by atoms with Gasteiger partial charge >= 0.3 is 0 Å². The molecule has 1 aliphatic carbocycles. The first kappa shape index (κ1) is 25.6. The van der Waals surface area contributed by atoms with E-state index in [-0.39, 0.29) is 24.0 Å². The third kappa shape index (κ3) is 7.51. The van der Waals surface area contributed by atoms with Crippen molar-refractivity contribution in [1.82, 2.24) is 24.9 Å². The fourth-order valence-corrected chi connectivity index (χ4v) is 4.49. The highest BCUT2D eigenvalue weighted by Gasteiger charge is 2.31. The van der Waals surface area contributed by atoms with Crippen molar-refractivity contribution < 1.29 is 4.79 Å². The number of carbonyl (C=O) groups is 1. The molecule has 7 nitrogen and oxygen atoms in total. The summed E-state index contributed by atoms with van der Waals surface area (Å²) in [7, 11) is 0. The van der Waals surface area contributed by atoms with Gasteiger partial charge in [0.1, 0.15) is 0 Å². The first-order chi connectivity index (χ1) is 14.1. The summed E-state index contributed by atoms with van der Waals surface area (Å²) >= 11 is 0. The van der Waals surface area contributed by atoms with Crippen molar-refractivity contribution in [2.45, 2.75) is 40.0 Å². The van der Waals surface area contributed by atoms with E-state index in [0.717, 1.165) is 96.7 Å². The smallest absolute Gasteiger partial charge is 0.225 e. The summed E-state index contributed by atoms with van der Waals surface area (Å²) in [4.78, 5) is 26.8. The van der Waals surface area contributed by atoms with Crippen molar-refractivity contribution in [3.8, 4) is 0 Å². The average Bonchev–Trinajstić information content (AvgIpc) is 2.67. The Morgan fingerprint density at radius 3 is 2.10 bits per heavy atom. The van der Waals surface area contributed by atoms with E-state index < -0.39 is 0 Å². The van der Waals surface area contributed by atoms with Gasteiger partial charge in [0.05, 0.1) is 6.54 Å². The fraction of sp³-hybridized carbons (Fsp3) is 0.909. The van der Waals surface area contributed by atoms with Crippen LogP contribution in [0.1, 0.15) is 40.0 Å². The predicted molar refractivity (Wildman–Crippen MR) is 135 cm³/mol. The number of halogens is 1. The van der Waals surface area contributed by atoms with Crippen LogP contribution in [-0.2, 0) is 4.79 Å². The van der Waals surface area contributed by atoms with Gasteiger partial charge in [0, 0.05) is 77.9 Å². The number of piperazine rings is 2. The van der Waals surface area contributed by atoms with E-state index in [0.29, 0.717) is 11.8 Å². The van der Waals surface area contributed by atoms with Crippen LogP contribution in [-0.4, -0.2) is 110 Å². The van der Waals surface area contributed by atoms with Crippen molar-refractivity contribution >= 4 is 35.8 Å². The predicted octanol–water partition coefficient (Wildman–Crippen LogP) is 1.79. The molecule has 0 aromatic carbocycles. The average molecular weight is 535 g/mol. The molecule has 0 radical (unpaired) electrons. The molecule has 1 N–H and O–H groups in total. The molecule has 2 aliphatic heterocycles. The van der Waals surface area contributed by atoms with E-state index in [4.69, 9.17) is 4.99 Å². The number of hydrogen-bond acceptors (Lipinski definition) is 4. The van der Waals surface area contributed by atoms with Crippen LogP contribution in [0.25, 0.3) is 0 Å². The van der Waals surface area contributed by atoms with Gasteiger partial charge in [0.2, 0.25) is 5.91 Å². The zero-order valence-corrected chi connectivity index (χ0v) is 21.6. The van der Waals surface area contributed by atoms with Crippen molar-refractivity contribution in [3.05, 3.63) is 0 Å². The first-order valence-electron chi connectivity index (χ1n) is 11.8. The van der Waals surface area contributed by atoms with Crippen LogP contribution in [0, 0.1) is 11.8 Å². The van der Waals surface area contributed by atoms with E-state index in [9.17, 15) is 4.79 Å². The van der Waals surface area contributed by atoms with Gasteiger partial charge < -0.3 is 15.1 Å². The summed E-state index contributed by atoms with van der Waals surface area (Å²) in [6.07, 6.45) is 3.44. The lowest BCUT2D eigenvalue weighted by atomic mass is 9.84. The number of nitrogens with one attached hydrogen (secondary N) is 1. The van der Waals surface area contributed by atoms with Crippen LogP contribution in [0.15, 0.2) is 4.99 Å². The van der Waals surface area contributed by atoms with Crippen molar-refractivity contribution in [2.75, 3.05) is 78.5 Å². The first-order valence-corrected chi connectivity index (χ1v) is 11.8. The van der Waals surface area contributed by atoms with Gasteiger partial charge in [-0.1, -0.05) is 20.3 Å². The third-order valence-corrected chi connectivity index (χ3v) is 6.45. The summed E-state index contributed by atoms with van der Waals surface area (Å²) in [5, 5.41) is 3.48. The standard InChI is InChI=1S/C22H42N6O.HI/c1-4-23-22(28-16-12-26(13-17-28)18-19(2)3)24-8-9-25-10-14-27(15-11-25)21(29)20-6-5-7-20;/h19-20H,4-18H2,1-3H3,(H,23,24);1H. The zero-order chi connectivity index (χ0) is 20.6. The van der Waals surface area contributed by atoms with Gasteiger partial charge in [-0.3, -0.25) is 19.6 Å². The number of carbonyl (C=O) groups excluding carboxylic acids is 1. The van der Waals surface area contributed by atoms with E-state index in [2.05, 4.69) is 45.7 Å². The Bertz CT molecular complexity index is 538. The summed E-state index contributed by atoms with van der Waals surface area (Å²) in [5.74, 6) is 2.53. The molecule has 2 saturated heterocycles. The lowest BCUT2D eigenvalue weighted by Gasteiger charge is -2.38. The zero-order valence-electron chi connectivity index (χ0n) is 19.3. The van der Waals surface area contributed by atoms with Crippen LogP contribution < -0.4 is 5.32 Å². The summed E-state index contributed by atoms with van der Waals surface area (Å²) in [5.41, 5.74) is 0. The topological polar surface area (TPSA) is 54.4 Å². The van der Waals surface area contributed by atoms with Gasteiger partial charge in [-0.25, -0.2) is 0 Å². The maximum Gasteiger partial charge on any atom is 0.225 e. The fourth-order valence-electron chi connectivity index (χ4n) is 4.49. The quantitative estimate of drug-likeness (QED) is 0.307. The largest absolute Gasteiger partial charge is 0.357 e. The van der Waals surface area contributed by atoms with Crippen molar-refractivity contribution in [1.29, 1.82) is 0 Å². The minimum Gasteiger partial charge on any atom is -0.357 e. The van der Waals surface area contributed by atoms with Crippen LogP contribution in [0.4, 0.5) is 0 Å². The molecule has 3 rings (SSSR count). The molecular formula is C22H43IN6O. The van der Waals surface area contributed by atoms with E-state index >= 15 is 0 Å². The minimum absolute atomic E-state index is 0. The molecule has 8 heteroatoms. The highest BCUT2D eigenvalue weighted by atomic mass is 127. The van der Waals surface area contributed by atoms with Crippen LogP contribution in [0.3, 0.4) is 0 Å². The van der Waals surface area contributed by atoms with Gasteiger partial charge in [-0.2, -0.15) is 0 Å². The Hall–Kier alpha value is -0.610. The molecule has 0 bridgehead atoms. The molecule has 1 amide bonds. The van der Waals surface area contributed by atoms with Gasteiger partial charge in [-0.05, 0) is 25.7 Å². The molecule has 0 unspecified atom stereocenters. The second-order valence-corrected chi connectivity index (χ2v) is 9.21. The van der Waals surface area contributed by atoms with Gasteiger partial charge in [0.25, 0.3) is 0 Å². The Morgan fingerprint density at radius 2 is 1.57 bits per heavy atom.